The summed E-state index contributed by atoms with van der Waals surface area (Å²) in [7, 11) is 1.65. The Hall–Kier alpha value is -3.93. The van der Waals surface area contributed by atoms with Gasteiger partial charge >= 0.3 is 6.18 Å². The molecule has 0 spiro atoms. The Balaban J connectivity index is 1.43. The van der Waals surface area contributed by atoms with Gasteiger partial charge in [-0.1, -0.05) is 12.1 Å². The van der Waals surface area contributed by atoms with Crippen LogP contribution in [0.15, 0.2) is 36.5 Å². The molecule has 1 N–H and O–H groups in total. The van der Waals surface area contributed by atoms with Crippen LogP contribution in [0.1, 0.15) is 34.8 Å². The highest BCUT2D eigenvalue weighted by atomic mass is 19.4. The van der Waals surface area contributed by atoms with Gasteiger partial charge in [-0.3, -0.25) is 14.5 Å². The average Bonchev–Trinajstić information content (AvgIpc) is 3.45. The van der Waals surface area contributed by atoms with Crippen molar-refractivity contribution in [3.05, 3.63) is 64.9 Å². The number of alkyl halides is 3. The zero-order valence-corrected chi connectivity index (χ0v) is 22.5. The van der Waals surface area contributed by atoms with Crippen molar-refractivity contribution in [2.24, 2.45) is 5.92 Å². The van der Waals surface area contributed by atoms with Gasteiger partial charge in [-0.15, -0.1) is 0 Å². The number of amides is 2. The number of anilines is 3. The highest BCUT2D eigenvalue weighted by molar-refractivity contribution is 6.10. The second-order valence-electron chi connectivity index (χ2n) is 10.8. The van der Waals surface area contributed by atoms with Crippen molar-refractivity contribution in [2.45, 2.75) is 52.1 Å². The topological polar surface area (TPSA) is 86.6 Å². The number of carbonyl (C=O) groups excluding carboxylic acids is 2. The van der Waals surface area contributed by atoms with Crippen LogP contribution in [0.5, 0.6) is 0 Å². The molecule has 5 heterocycles. The number of para-hydroxylation sites is 1. The molecule has 0 unspecified atom stereocenters. The van der Waals surface area contributed by atoms with Crippen LogP contribution in [0.25, 0.3) is 0 Å². The van der Waals surface area contributed by atoms with Crippen LogP contribution in [-0.4, -0.2) is 52.5 Å². The maximum atomic E-state index is 14.0. The highest BCUT2D eigenvalue weighted by Gasteiger charge is 2.49. The van der Waals surface area contributed by atoms with Crippen LogP contribution >= 0.6 is 0 Å². The molecule has 0 radical (unpaired) electrons. The van der Waals surface area contributed by atoms with E-state index in [1.54, 1.807) is 7.05 Å². The zero-order valence-electron chi connectivity index (χ0n) is 22.5. The molecule has 1 fully saturated rings. The summed E-state index contributed by atoms with van der Waals surface area (Å²) in [5, 5.41) is 3.32. The number of carbonyl (C=O) groups is 2. The third-order valence-electron chi connectivity index (χ3n) is 7.95. The quantitative estimate of drug-likeness (QED) is 0.535. The van der Waals surface area contributed by atoms with Crippen molar-refractivity contribution in [2.75, 3.05) is 34.8 Å². The molecule has 2 aromatic heterocycles. The Bertz CT molecular complexity index is 1480. The molecule has 2 atom stereocenters. The average molecular weight is 554 g/mol. The van der Waals surface area contributed by atoms with Gasteiger partial charge in [0.05, 0.1) is 35.7 Å². The number of halogens is 3. The third-order valence-corrected chi connectivity index (χ3v) is 7.95. The van der Waals surface area contributed by atoms with Crippen LogP contribution in [-0.2, 0) is 35.4 Å². The predicted molar refractivity (Wildman–Crippen MR) is 143 cm³/mol. The molecule has 0 bridgehead atoms. The smallest absolute Gasteiger partial charge is 0.363 e. The number of aryl methyl sites for hydroxylation is 2. The maximum Gasteiger partial charge on any atom is 0.416 e. The number of fused-ring (bicyclic) bond motifs is 3. The Morgan fingerprint density at radius 1 is 1.12 bits per heavy atom. The van der Waals surface area contributed by atoms with E-state index in [0.717, 1.165) is 48.0 Å². The number of nitrogens with zero attached hydrogens (tertiary/aromatic N) is 6. The summed E-state index contributed by atoms with van der Waals surface area (Å²) in [5.74, 6) is -0.447. The lowest BCUT2D eigenvalue weighted by Crippen LogP contribution is -2.52. The van der Waals surface area contributed by atoms with E-state index in [1.165, 1.54) is 16.7 Å². The van der Waals surface area contributed by atoms with Crippen molar-refractivity contribution in [3.8, 4) is 0 Å². The van der Waals surface area contributed by atoms with Gasteiger partial charge in [-0.2, -0.15) is 13.2 Å². The number of imidazole rings is 1. The normalized spacial score (nSPS) is 21.2. The van der Waals surface area contributed by atoms with E-state index in [1.807, 2.05) is 31.3 Å². The van der Waals surface area contributed by atoms with E-state index in [2.05, 4.69) is 19.8 Å². The van der Waals surface area contributed by atoms with Crippen LogP contribution in [0, 0.1) is 19.8 Å². The lowest BCUT2D eigenvalue weighted by atomic mass is 9.95. The van der Waals surface area contributed by atoms with Crippen molar-refractivity contribution in [1.82, 2.24) is 19.9 Å². The van der Waals surface area contributed by atoms with Gasteiger partial charge in [0.25, 0.3) is 0 Å². The number of likely N-dealkylation sites (N-methyl/N-ethyl adjacent to an activating group) is 1. The second-order valence-corrected chi connectivity index (χ2v) is 10.8. The minimum absolute atomic E-state index is 0.0164. The largest absolute Gasteiger partial charge is 0.416 e. The number of hydrogen-bond acceptors (Lipinski definition) is 6. The number of aromatic nitrogens is 3. The van der Waals surface area contributed by atoms with Gasteiger partial charge in [0.15, 0.2) is 0 Å². The molecule has 3 aliphatic rings. The first-order valence-electron chi connectivity index (χ1n) is 13.3. The Morgan fingerprint density at radius 2 is 1.93 bits per heavy atom. The van der Waals surface area contributed by atoms with Gasteiger partial charge < -0.3 is 19.7 Å². The molecule has 40 heavy (non-hydrogen) atoms. The van der Waals surface area contributed by atoms with Gasteiger partial charge in [0.2, 0.25) is 11.8 Å². The van der Waals surface area contributed by atoms with Crippen molar-refractivity contribution < 1.29 is 22.8 Å². The van der Waals surface area contributed by atoms with Crippen LogP contribution < -0.4 is 20.0 Å². The minimum Gasteiger partial charge on any atom is -0.363 e. The first kappa shape index (κ1) is 26.3. The van der Waals surface area contributed by atoms with E-state index >= 15 is 0 Å². The highest BCUT2D eigenvalue weighted by Crippen LogP contribution is 2.42. The van der Waals surface area contributed by atoms with Gasteiger partial charge in [-0.25, -0.2) is 9.97 Å². The fraction of sp³-hybridized carbons (Fsp3) is 0.429. The molecule has 0 aliphatic carbocycles. The molecule has 3 aromatic rings. The lowest BCUT2D eigenvalue weighted by molar-refractivity contribution is -0.137. The summed E-state index contributed by atoms with van der Waals surface area (Å²) < 4.78 is 43.1. The van der Waals surface area contributed by atoms with Gasteiger partial charge in [0.1, 0.15) is 17.7 Å². The molecule has 0 saturated carbocycles. The standard InChI is InChI=1S/C28H30F3N7O2/c1-16-5-4-6-21-25(16)37(15-20-14-36-8-7-32-12-23(36)34-20)13-18-10-24(39)38(26(18)27(40)35(21)3)22-11-19(28(29,30)31)9-17(2)33-22/h4-6,9,11,14,18,26,32H,7-8,10,12-13,15H2,1-3H3/t18-,26+/m1/s1. The molecule has 12 heteroatoms. The van der Waals surface area contributed by atoms with E-state index in [4.69, 9.17) is 4.98 Å². The number of rotatable bonds is 3. The molecule has 210 valence electrons. The van der Waals surface area contributed by atoms with Crippen molar-refractivity contribution in [3.63, 3.8) is 0 Å². The van der Waals surface area contributed by atoms with Gasteiger partial charge in [0, 0.05) is 50.9 Å². The SMILES string of the molecule is Cc1cc(C(F)(F)F)cc(N2C(=O)C[C@@H]3CN(Cc4cn5c(n4)CNCC5)c4c(C)cccc4N(C)C(=O)[C@H]32)n1. The fourth-order valence-electron chi connectivity index (χ4n) is 6.17. The zero-order chi connectivity index (χ0) is 28.3. The molecule has 3 aliphatic heterocycles. The number of benzene rings is 1. The molecule has 6 rings (SSSR count). The van der Waals surface area contributed by atoms with Crippen LogP contribution in [0.4, 0.5) is 30.4 Å². The second kappa shape index (κ2) is 9.61. The summed E-state index contributed by atoms with van der Waals surface area (Å²) in [5.41, 5.74) is 2.60. The Kier molecular flexibility index (Phi) is 6.32. The predicted octanol–water partition coefficient (Wildman–Crippen LogP) is 3.42. The Morgan fingerprint density at radius 3 is 2.67 bits per heavy atom. The van der Waals surface area contributed by atoms with E-state index in [0.29, 0.717) is 25.3 Å². The maximum absolute atomic E-state index is 14.0. The first-order valence-corrected chi connectivity index (χ1v) is 13.3. The minimum atomic E-state index is -4.61. The summed E-state index contributed by atoms with van der Waals surface area (Å²) >= 11 is 0. The monoisotopic (exact) mass is 553 g/mol. The van der Waals surface area contributed by atoms with Crippen molar-refractivity contribution >= 4 is 29.0 Å². The molecular formula is C28H30F3N7O2. The molecule has 9 nitrogen and oxygen atoms in total. The summed E-state index contributed by atoms with van der Waals surface area (Å²) in [6, 6.07) is 6.50. The van der Waals surface area contributed by atoms with Crippen LogP contribution in [0.3, 0.4) is 0 Å². The lowest BCUT2D eigenvalue weighted by Gasteiger charge is -2.39. The molecular weight excluding hydrogens is 523 g/mol. The third kappa shape index (κ3) is 4.49. The number of pyridine rings is 1. The van der Waals surface area contributed by atoms with E-state index < -0.39 is 29.6 Å². The fourth-order valence-corrected chi connectivity index (χ4v) is 6.17. The summed E-state index contributed by atoms with van der Waals surface area (Å²) in [4.78, 5) is 41.3. The molecule has 1 aromatic carbocycles. The summed E-state index contributed by atoms with van der Waals surface area (Å²) in [6.07, 6.45) is -2.55. The van der Waals surface area contributed by atoms with E-state index in [9.17, 15) is 22.8 Å². The first-order chi connectivity index (χ1) is 19.0. The molecule has 2 amide bonds. The Labute approximate surface area is 229 Å². The number of nitrogens with one attached hydrogen (secondary N) is 1. The van der Waals surface area contributed by atoms with Gasteiger partial charge in [-0.05, 0) is 37.6 Å². The van der Waals surface area contributed by atoms with Crippen molar-refractivity contribution in [1.29, 1.82) is 0 Å². The molecule has 1 saturated heterocycles. The van der Waals surface area contributed by atoms with Crippen LogP contribution in [0.2, 0.25) is 0 Å². The number of hydrogen-bond donors (Lipinski definition) is 1. The van der Waals surface area contributed by atoms with E-state index in [-0.39, 0.29) is 23.8 Å². The summed E-state index contributed by atoms with van der Waals surface area (Å²) in [6.45, 7) is 6.61.